The molecule has 2 N–H and O–H groups in total. The van der Waals surface area contributed by atoms with E-state index in [-0.39, 0.29) is 17.2 Å². The Morgan fingerprint density at radius 2 is 1.63 bits per heavy atom. The molecule has 0 aliphatic carbocycles. The Bertz CT molecular complexity index is 1420. The number of nitrogens with one attached hydrogen (secondary N) is 1. The minimum absolute atomic E-state index is 0.140. The van der Waals surface area contributed by atoms with Gasteiger partial charge in [0.05, 0.1) is 32.7 Å². The number of aromatic amines is 1. The van der Waals surface area contributed by atoms with Gasteiger partial charge in [0, 0.05) is 11.8 Å². The van der Waals surface area contributed by atoms with Crippen molar-refractivity contribution in [2.24, 2.45) is 0 Å². The predicted molar refractivity (Wildman–Crippen MR) is 133 cm³/mol. The number of benzene rings is 3. The number of carbonyl (C=O) groups excluding carboxylic acids is 1. The largest absolute Gasteiger partial charge is 0.508 e. The minimum atomic E-state index is -0.342. The highest BCUT2D eigenvalue weighted by Gasteiger charge is 2.13. The Morgan fingerprint density at radius 1 is 0.943 bits per heavy atom. The first-order valence-corrected chi connectivity index (χ1v) is 10.7. The number of allylic oxidation sites excluding steroid dienone is 1. The van der Waals surface area contributed by atoms with Crippen molar-refractivity contribution in [3.63, 3.8) is 0 Å². The SMILES string of the molecule is COc1cc(C=CC(=O)c2cccc(-n3cc(-c4ccc(O)cc4)[nH]c3=O)c2)cc(OC)c1OC. The monoisotopic (exact) mass is 472 g/mol. The summed E-state index contributed by atoms with van der Waals surface area (Å²) in [6, 6.07) is 16.8. The van der Waals surface area contributed by atoms with Crippen LogP contribution >= 0.6 is 0 Å². The molecule has 0 saturated heterocycles. The molecule has 0 spiro atoms. The quantitative estimate of drug-likeness (QED) is 0.290. The van der Waals surface area contributed by atoms with Gasteiger partial charge in [0.1, 0.15) is 5.75 Å². The highest BCUT2D eigenvalue weighted by Crippen LogP contribution is 2.38. The highest BCUT2D eigenvalue weighted by molar-refractivity contribution is 6.07. The van der Waals surface area contributed by atoms with Crippen LogP contribution in [0.5, 0.6) is 23.0 Å². The molecule has 0 bridgehead atoms. The zero-order chi connectivity index (χ0) is 24.9. The first-order valence-electron chi connectivity index (χ1n) is 10.7. The van der Waals surface area contributed by atoms with Crippen molar-refractivity contribution in [3.05, 3.63) is 94.5 Å². The van der Waals surface area contributed by atoms with Gasteiger partial charge in [-0.1, -0.05) is 18.2 Å². The Balaban J connectivity index is 1.60. The molecule has 4 rings (SSSR count). The van der Waals surface area contributed by atoms with Crippen molar-refractivity contribution in [1.82, 2.24) is 9.55 Å². The van der Waals surface area contributed by atoms with Crippen molar-refractivity contribution >= 4 is 11.9 Å². The van der Waals surface area contributed by atoms with E-state index >= 15 is 0 Å². The van der Waals surface area contributed by atoms with Crippen LogP contribution in [0.15, 0.2) is 77.7 Å². The van der Waals surface area contributed by atoms with Gasteiger partial charge in [0.15, 0.2) is 17.3 Å². The molecule has 0 saturated carbocycles. The first-order chi connectivity index (χ1) is 16.9. The smallest absolute Gasteiger partial charge is 0.330 e. The fourth-order valence-electron chi connectivity index (χ4n) is 3.65. The number of H-pyrrole nitrogens is 1. The van der Waals surface area contributed by atoms with Crippen LogP contribution < -0.4 is 19.9 Å². The van der Waals surface area contributed by atoms with Crippen molar-refractivity contribution < 1.29 is 24.1 Å². The maximum atomic E-state index is 12.9. The van der Waals surface area contributed by atoms with Gasteiger partial charge in [-0.25, -0.2) is 4.79 Å². The lowest BCUT2D eigenvalue weighted by molar-refractivity contribution is 0.104. The average Bonchev–Trinajstić information content (AvgIpc) is 3.28. The maximum absolute atomic E-state index is 12.9. The van der Waals surface area contributed by atoms with Crippen LogP contribution in [0.25, 0.3) is 23.0 Å². The number of aromatic nitrogens is 2. The minimum Gasteiger partial charge on any atom is -0.508 e. The number of aromatic hydroxyl groups is 1. The zero-order valence-corrected chi connectivity index (χ0v) is 19.4. The molecule has 0 fully saturated rings. The summed E-state index contributed by atoms with van der Waals surface area (Å²) in [6.07, 6.45) is 4.76. The van der Waals surface area contributed by atoms with Crippen LogP contribution in [0.4, 0.5) is 0 Å². The van der Waals surface area contributed by atoms with Gasteiger partial charge in [-0.15, -0.1) is 0 Å². The van der Waals surface area contributed by atoms with E-state index in [2.05, 4.69) is 4.98 Å². The lowest BCUT2D eigenvalue weighted by Gasteiger charge is -2.12. The predicted octanol–water partition coefficient (Wildman–Crippen LogP) is 4.46. The van der Waals surface area contributed by atoms with Crippen LogP contribution in [0.3, 0.4) is 0 Å². The van der Waals surface area contributed by atoms with Crippen LogP contribution in [0, 0.1) is 0 Å². The number of ether oxygens (including phenoxy) is 3. The average molecular weight is 472 g/mol. The van der Waals surface area contributed by atoms with Crippen molar-refractivity contribution in [3.8, 4) is 39.9 Å². The highest BCUT2D eigenvalue weighted by atomic mass is 16.5. The fourth-order valence-corrected chi connectivity index (χ4v) is 3.65. The number of hydrogen-bond acceptors (Lipinski definition) is 6. The third-order valence-corrected chi connectivity index (χ3v) is 5.42. The second kappa shape index (κ2) is 10.0. The van der Waals surface area contributed by atoms with Gasteiger partial charge in [0.2, 0.25) is 5.75 Å². The number of phenolic OH excluding ortho intramolecular Hbond substituents is 1. The van der Waals surface area contributed by atoms with Gasteiger partial charge in [-0.3, -0.25) is 9.36 Å². The lowest BCUT2D eigenvalue weighted by atomic mass is 10.1. The molecule has 0 aliphatic rings. The topological polar surface area (TPSA) is 103 Å². The van der Waals surface area contributed by atoms with Gasteiger partial charge in [-0.05, 0) is 65.7 Å². The van der Waals surface area contributed by atoms with E-state index in [0.717, 1.165) is 5.56 Å². The third-order valence-electron chi connectivity index (χ3n) is 5.42. The van der Waals surface area contributed by atoms with Crippen molar-refractivity contribution in [2.75, 3.05) is 21.3 Å². The van der Waals surface area contributed by atoms with E-state index in [0.29, 0.717) is 39.8 Å². The summed E-state index contributed by atoms with van der Waals surface area (Å²) in [4.78, 5) is 28.3. The summed E-state index contributed by atoms with van der Waals surface area (Å²) in [5.74, 6) is 1.34. The molecule has 0 aliphatic heterocycles. The molecule has 8 heteroatoms. The molecule has 8 nitrogen and oxygen atoms in total. The molecule has 4 aromatic rings. The number of carbonyl (C=O) groups is 1. The standard InChI is InChI=1S/C27H24N2O6/c1-33-24-13-17(14-25(34-2)26(24)35-3)7-12-23(31)19-5-4-6-20(15-19)29-16-22(28-27(29)32)18-8-10-21(30)11-9-18/h4-16,30H,1-3H3,(H,28,32). The summed E-state index contributed by atoms with van der Waals surface area (Å²) < 4.78 is 17.5. The number of nitrogens with zero attached hydrogens (tertiary/aromatic N) is 1. The summed E-state index contributed by atoms with van der Waals surface area (Å²) in [5, 5.41) is 9.48. The molecular formula is C27H24N2O6. The number of methoxy groups -OCH3 is 3. The van der Waals surface area contributed by atoms with E-state index in [1.54, 1.807) is 72.9 Å². The van der Waals surface area contributed by atoms with Crippen LogP contribution in [-0.4, -0.2) is 41.8 Å². The molecule has 178 valence electrons. The van der Waals surface area contributed by atoms with Gasteiger partial charge in [0.25, 0.3) is 0 Å². The van der Waals surface area contributed by atoms with Crippen LogP contribution in [0.1, 0.15) is 15.9 Å². The van der Waals surface area contributed by atoms with Crippen LogP contribution in [-0.2, 0) is 0 Å². The summed E-state index contributed by atoms with van der Waals surface area (Å²) in [5.41, 5.74) is 2.66. The molecule has 1 heterocycles. The zero-order valence-electron chi connectivity index (χ0n) is 19.4. The Morgan fingerprint density at radius 3 is 2.26 bits per heavy atom. The molecule has 35 heavy (non-hydrogen) atoms. The van der Waals surface area contributed by atoms with Crippen LogP contribution in [0.2, 0.25) is 0 Å². The van der Waals surface area contributed by atoms with E-state index in [1.807, 2.05) is 0 Å². The molecule has 0 radical (unpaired) electrons. The Hall–Kier alpha value is -4.72. The second-order valence-corrected chi connectivity index (χ2v) is 7.60. The normalized spacial score (nSPS) is 10.9. The number of hydrogen-bond donors (Lipinski definition) is 2. The number of rotatable bonds is 8. The lowest BCUT2D eigenvalue weighted by Crippen LogP contribution is -2.14. The number of ketones is 1. The number of imidazole rings is 1. The summed E-state index contributed by atoms with van der Waals surface area (Å²) >= 11 is 0. The van der Waals surface area contributed by atoms with E-state index in [9.17, 15) is 14.7 Å². The van der Waals surface area contributed by atoms with E-state index in [1.165, 1.54) is 32.0 Å². The summed E-state index contributed by atoms with van der Waals surface area (Å²) in [6.45, 7) is 0. The first kappa shape index (κ1) is 23.4. The maximum Gasteiger partial charge on any atom is 0.330 e. The van der Waals surface area contributed by atoms with Crippen molar-refractivity contribution in [2.45, 2.75) is 0 Å². The molecular weight excluding hydrogens is 448 g/mol. The molecule has 0 unspecified atom stereocenters. The second-order valence-electron chi connectivity index (χ2n) is 7.60. The Labute approximate surface area is 201 Å². The molecule has 0 amide bonds. The molecule has 3 aromatic carbocycles. The fraction of sp³-hybridized carbons (Fsp3) is 0.111. The Kier molecular flexibility index (Phi) is 6.73. The van der Waals surface area contributed by atoms with Gasteiger partial charge < -0.3 is 24.3 Å². The van der Waals surface area contributed by atoms with E-state index in [4.69, 9.17) is 14.2 Å². The third kappa shape index (κ3) is 4.96. The van der Waals surface area contributed by atoms with E-state index < -0.39 is 0 Å². The summed E-state index contributed by atoms with van der Waals surface area (Å²) in [7, 11) is 4.57. The molecule has 1 aromatic heterocycles. The van der Waals surface area contributed by atoms with Crippen molar-refractivity contribution in [1.29, 1.82) is 0 Å². The van der Waals surface area contributed by atoms with Gasteiger partial charge in [-0.2, -0.15) is 0 Å². The molecule has 0 atom stereocenters. The number of phenols is 1. The van der Waals surface area contributed by atoms with Gasteiger partial charge >= 0.3 is 5.69 Å².